The highest BCUT2D eigenvalue weighted by Gasteiger charge is 2.46. The zero-order valence-electron chi connectivity index (χ0n) is 33.7. The first-order chi connectivity index (χ1) is 30.7. The number of nitrogens with zero attached hydrogens (tertiary/aromatic N) is 2. The van der Waals surface area contributed by atoms with Crippen LogP contribution in [-0.4, -0.2) is 9.97 Å². The van der Waals surface area contributed by atoms with Gasteiger partial charge in [-0.3, -0.25) is 0 Å². The lowest BCUT2D eigenvalue weighted by molar-refractivity contribution is 0.770. The van der Waals surface area contributed by atoms with Crippen molar-refractivity contribution in [3.63, 3.8) is 0 Å². The molecule has 1 aliphatic carbocycles. The van der Waals surface area contributed by atoms with E-state index in [1.54, 1.807) is 0 Å². The molecule has 2 aromatic heterocycles. The van der Waals surface area contributed by atoms with Crippen LogP contribution in [0.4, 0.5) is 0 Å². The Morgan fingerprint density at radius 1 is 0.323 bits per heavy atom. The summed E-state index contributed by atoms with van der Waals surface area (Å²) in [6.07, 6.45) is 0. The fourth-order valence-corrected chi connectivity index (χ4v) is 11.1. The number of aromatic nitrogens is 2. The summed E-state index contributed by atoms with van der Waals surface area (Å²) in [5.41, 5.74) is 16.9. The van der Waals surface area contributed by atoms with Gasteiger partial charge in [-0.1, -0.05) is 218 Å². The summed E-state index contributed by atoms with van der Waals surface area (Å²) in [7, 11) is 0. The molecule has 3 heteroatoms. The molecule has 0 saturated carbocycles. The Labute approximate surface area is 365 Å². The highest BCUT2D eigenvalue weighted by molar-refractivity contribution is 7.26. The SMILES string of the molecule is c1ccc(-c2nc(-c3ccc(-c4ccccc4C4(c5ccccc5)c5ccccc5-c5ccccc54)cc3)cc(-c3ccc(-c4cccc5c4sc4ccccc45)cc3)n2)cc1. The average Bonchev–Trinajstić information content (AvgIpc) is 3.89. The number of hydrogen-bond acceptors (Lipinski definition) is 3. The van der Waals surface area contributed by atoms with Gasteiger partial charge in [-0.2, -0.15) is 0 Å². The van der Waals surface area contributed by atoms with E-state index in [1.165, 1.54) is 70.2 Å². The Morgan fingerprint density at radius 2 is 0.774 bits per heavy atom. The summed E-state index contributed by atoms with van der Waals surface area (Å²) >= 11 is 1.86. The largest absolute Gasteiger partial charge is 0.228 e. The van der Waals surface area contributed by atoms with E-state index in [4.69, 9.17) is 9.97 Å². The molecule has 0 spiro atoms. The fourth-order valence-electron chi connectivity index (χ4n) is 9.82. The van der Waals surface area contributed by atoms with E-state index >= 15 is 0 Å². The van der Waals surface area contributed by atoms with Crippen LogP contribution in [0.2, 0.25) is 0 Å². The number of thiophene rings is 1. The second kappa shape index (κ2) is 14.8. The second-order valence-electron chi connectivity index (χ2n) is 16.0. The fraction of sp³-hybridized carbons (Fsp3) is 0.0169. The van der Waals surface area contributed by atoms with E-state index in [-0.39, 0.29) is 0 Å². The van der Waals surface area contributed by atoms with Gasteiger partial charge in [-0.05, 0) is 67.8 Å². The van der Waals surface area contributed by atoms with Crippen molar-refractivity contribution < 1.29 is 0 Å². The van der Waals surface area contributed by atoms with Crippen LogP contribution in [0.15, 0.2) is 231 Å². The summed E-state index contributed by atoms with van der Waals surface area (Å²) < 4.78 is 2.63. The van der Waals surface area contributed by atoms with Crippen molar-refractivity contribution in [2.45, 2.75) is 5.41 Å². The number of hydrogen-bond donors (Lipinski definition) is 0. The van der Waals surface area contributed by atoms with Crippen molar-refractivity contribution in [3.8, 4) is 67.3 Å². The molecule has 9 aromatic carbocycles. The smallest absolute Gasteiger partial charge is 0.160 e. The van der Waals surface area contributed by atoms with Crippen LogP contribution in [-0.2, 0) is 5.41 Å². The van der Waals surface area contributed by atoms with Crippen molar-refractivity contribution in [2.24, 2.45) is 0 Å². The Morgan fingerprint density at radius 3 is 1.40 bits per heavy atom. The van der Waals surface area contributed by atoms with Crippen molar-refractivity contribution in [1.82, 2.24) is 9.97 Å². The molecule has 0 bridgehead atoms. The van der Waals surface area contributed by atoms with E-state index in [9.17, 15) is 0 Å². The van der Waals surface area contributed by atoms with Crippen LogP contribution >= 0.6 is 11.3 Å². The number of fused-ring (bicyclic) bond motifs is 6. The molecule has 0 unspecified atom stereocenters. The molecule has 0 amide bonds. The first-order valence-corrected chi connectivity index (χ1v) is 22.0. The normalized spacial score (nSPS) is 12.6. The Bertz CT molecular complexity index is 3400. The summed E-state index contributed by atoms with van der Waals surface area (Å²) in [6, 6.07) is 83.4. The van der Waals surface area contributed by atoms with Crippen LogP contribution in [0.5, 0.6) is 0 Å². The average molecular weight is 807 g/mol. The highest BCUT2D eigenvalue weighted by atomic mass is 32.1. The van der Waals surface area contributed by atoms with Crippen molar-refractivity contribution in [1.29, 1.82) is 0 Å². The van der Waals surface area contributed by atoms with Gasteiger partial charge in [-0.15, -0.1) is 11.3 Å². The topological polar surface area (TPSA) is 25.8 Å². The van der Waals surface area contributed by atoms with Crippen molar-refractivity contribution in [2.75, 3.05) is 0 Å². The Balaban J connectivity index is 0.955. The first-order valence-electron chi connectivity index (χ1n) is 21.1. The predicted octanol–water partition coefficient (Wildman–Crippen LogP) is 15.5. The quantitative estimate of drug-likeness (QED) is 0.160. The molecule has 12 rings (SSSR count). The third-order valence-corrected chi connectivity index (χ3v) is 13.9. The first kappa shape index (κ1) is 36.2. The molecule has 0 atom stereocenters. The summed E-state index contributed by atoms with van der Waals surface area (Å²) in [5.74, 6) is 0.704. The van der Waals surface area contributed by atoms with E-state index in [2.05, 4.69) is 212 Å². The lowest BCUT2D eigenvalue weighted by Crippen LogP contribution is -2.29. The predicted molar refractivity (Wildman–Crippen MR) is 259 cm³/mol. The van der Waals surface area contributed by atoms with Crippen LogP contribution in [0.3, 0.4) is 0 Å². The molecule has 0 fully saturated rings. The molecule has 0 N–H and O–H groups in total. The van der Waals surface area contributed by atoms with Crippen LogP contribution in [0.25, 0.3) is 87.5 Å². The minimum Gasteiger partial charge on any atom is -0.228 e. The van der Waals surface area contributed by atoms with Gasteiger partial charge in [-0.25, -0.2) is 9.97 Å². The molecule has 290 valence electrons. The van der Waals surface area contributed by atoms with E-state index < -0.39 is 5.41 Å². The van der Waals surface area contributed by atoms with E-state index in [0.29, 0.717) is 5.82 Å². The molecular weight excluding hydrogens is 769 g/mol. The molecule has 62 heavy (non-hydrogen) atoms. The Hall–Kier alpha value is -7.72. The van der Waals surface area contributed by atoms with Gasteiger partial charge in [0.05, 0.1) is 16.8 Å². The maximum atomic E-state index is 5.19. The lowest BCUT2D eigenvalue weighted by Gasteiger charge is -2.35. The zero-order valence-corrected chi connectivity index (χ0v) is 34.6. The molecule has 2 heterocycles. The highest BCUT2D eigenvalue weighted by Crippen LogP contribution is 2.57. The molecule has 0 radical (unpaired) electrons. The minimum absolute atomic E-state index is 0.490. The van der Waals surface area contributed by atoms with Crippen molar-refractivity contribution in [3.05, 3.63) is 253 Å². The van der Waals surface area contributed by atoms with Crippen LogP contribution in [0, 0.1) is 0 Å². The summed E-state index contributed by atoms with van der Waals surface area (Å²) in [6.45, 7) is 0. The Kier molecular flexibility index (Phi) is 8.62. The lowest BCUT2D eigenvalue weighted by atomic mass is 9.66. The molecule has 2 nitrogen and oxygen atoms in total. The molecule has 1 aliphatic rings. The maximum Gasteiger partial charge on any atom is 0.160 e. The molecule has 0 saturated heterocycles. The van der Waals surface area contributed by atoms with Gasteiger partial charge in [0, 0.05) is 36.9 Å². The van der Waals surface area contributed by atoms with Gasteiger partial charge < -0.3 is 0 Å². The summed E-state index contributed by atoms with van der Waals surface area (Å²) in [4.78, 5) is 10.4. The van der Waals surface area contributed by atoms with Gasteiger partial charge >= 0.3 is 0 Å². The standard InChI is InChI=1S/C59H38N2S/c1-3-16-43(17-4-1)58-60-54(38-55(61-58)42-36-32-40(33-37-42)46-24-15-25-50-49-23-10-14-29-56(49)62-57(46)50)41-34-30-39(31-35-41)45-20-7-11-26-51(45)59(44-18-5-2-6-19-44)52-27-12-8-21-47(52)48-22-9-13-28-53(48)59/h1-38H. The maximum absolute atomic E-state index is 5.19. The third kappa shape index (κ3) is 5.78. The van der Waals surface area contributed by atoms with Gasteiger partial charge in [0.15, 0.2) is 5.82 Å². The van der Waals surface area contributed by atoms with E-state index in [0.717, 1.165) is 33.6 Å². The zero-order chi connectivity index (χ0) is 41.0. The van der Waals surface area contributed by atoms with Gasteiger partial charge in [0.25, 0.3) is 0 Å². The second-order valence-corrected chi connectivity index (χ2v) is 17.1. The molecule has 11 aromatic rings. The molecule has 0 aliphatic heterocycles. The minimum atomic E-state index is -0.490. The van der Waals surface area contributed by atoms with Gasteiger partial charge in [0.2, 0.25) is 0 Å². The van der Waals surface area contributed by atoms with E-state index in [1.807, 2.05) is 29.5 Å². The van der Waals surface area contributed by atoms with Crippen LogP contribution < -0.4 is 0 Å². The summed E-state index contributed by atoms with van der Waals surface area (Å²) in [5, 5.41) is 2.62. The van der Waals surface area contributed by atoms with Gasteiger partial charge in [0.1, 0.15) is 0 Å². The molecular formula is C59H38N2S. The van der Waals surface area contributed by atoms with Crippen LogP contribution in [0.1, 0.15) is 22.3 Å². The third-order valence-electron chi connectivity index (χ3n) is 12.6. The number of rotatable bonds is 7. The van der Waals surface area contributed by atoms with Crippen molar-refractivity contribution >= 4 is 31.5 Å². The number of benzene rings is 9. The monoisotopic (exact) mass is 806 g/mol.